The fourth-order valence-electron chi connectivity index (χ4n) is 3.33. The summed E-state index contributed by atoms with van der Waals surface area (Å²) in [6.45, 7) is 11.4. The zero-order valence-corrected chi connectivity index (χ0v) is 15.4. The molecule has 3 rings (SSSR count). The van der Waals surface area contributed by atoms with E-state index in [0.29, 0.717) is 30.6 Å². The minimum Gasteiger partial charge on any atom is -0.368 e. The molecule has 1 aromatic heterocycles. The Morgan fingerprint density at radius 2 is 1.92 bits per heavy atom. The van der Waals surface area contributed by atoms with Crippen LogP contribution in [0, 0.1) is 13.8 Å². The third kappa shape index (κ3) is 3.78. The molecule has 2 amide bonds. The molecule has 134 valence electrons. The van der Waals surface area contributed by atoms with Crippen LogP contribution in [0.4, 0.5) is 16.3 Å². The first-order chi connectivity index (χ1) is 12.0. The average molecular weight is 342 g/mol. The summed E-state index contributed by atoms with van der Waals surface area (Å²) in [6, 6.07) is 8.09. The van der Waals surface area contributed by atoms with Gasteiger partial charge >= 0.3 is 6.03 Å². The van der Waals surface area contributed by atoms with Crippen LogP contribution in [0.1, 0.15) is 36.7 Å². The SMILES string of the molecule is Cc1cc(NC(=O)N2CCN(c3c(C)cccc3C(C)C)CC2)no1. The molecule has 1 aromatic carbocycles. The van der Waals surface area contributed by atoms with Crippen molar-refractivity contribution >= 4 is 17.5 Å². The molecule has 25 heavy (non-hydrogen) atoms. The van der Waals surface area contributed by atoms with Gasteiger partial charge in [0.2, 0.25) is 0 Å². The molecule has 0 bridgehead atoms. The van der Waals surface area contributed by atoms with E-state index in [1.54, 1.807) is 13.0 Å². The maximum absolute atomic E-state index is 12.4. The van der Waals surface area contributed by atoms with Crippen molar-refractivity contribution in [3.63, 3.8) is 0 Å². The minimum absolute atomic E-state index is 0.123. The molecule has 0 saturated carbocycles. The van der Waals surface area contributed by atoms with Crippen molar-refractivity contribution in [1.29, 1.82) is 0 Å². The van der Waals surface area contributed by atoms with E-state index in [2.05, 4.69) is 54.3 Å². The summed E-state index contributed by atoms with van der Waals surface area (Å²) in [5, 5.41) is 6.60. The Kier molecular flexibility index (Phi) is 4.97. The summed E-state index contributed by atoms with van der Waals surface area (Å²) < 4.78 is 4.98. The number of aromatic nitrogens is 1. The van der Waals surface area contributed by atoms with Crippen molar-refractivity contribution in [3.05, 3.63) is 41.2 Å². The first-order valence-corrected chi connectivity index (χ1v) is 8.79. The van der Waals surface area contributed by atoms with Gasteiger partial charge in [-0.15, -0.1) is 0 Å². The number of amides is 2. The Labute approximate surface area is 148 Å². The molecule has 1 aliphatic heterocycles. The van der Waals surface area contributed by atoms with E-state index in [0.717, 1.165) is 13.1 Å². The van der Waals surface area contributed by atoms with Crippen molar-refractivity contribution in [2.24, 2.45) is 0 Å². The van der Waals surface area contributed by atoms with Crippen LogP contribution >= 0.6 is 0 Å². The molecular formula is C19H26N4O2. The number of benzene rings is 1. The number of anilines is 2. The molecule has 2 heterocycles. The summed E-state index contributed by atoms with van der Waals surface area (Å²) in [7, 11) is 0. The van der Waals surface area contributed by atoms with Gasteiger partial charge in [-0.05, 0) is 30.9 Å². The second-order valence-corrected chi connectivity index (χ2v) is 6.89. The standard InChI is InChI=1S/C19H26N4O2/c1-13(2)16-7-5-6-14(3)18(16)22-8-10-23(11-9-22)19(24)20-17-12-15(4)25-21-17/h5-7,12-13H,8-11H2,1-4H3,(H,20,21,24). The summed E-state index contributed by atoms with van der Waals surface area (Å²) >= 11 is 0. The van der Waals surface area contributed by atoms with E-state index < -0.39 is 0 Å². The van der Waals surface area contributed by atoms with Crippen LogP contribution in [0.25, 0.3) is 0 Å². The van der Waals surface area contributed by atoms with Gasteiger partial charge in [-0.3, -0.25) is 5.32 Å². The predicted octanol–water partition coefficient (Wildman–Crippen LogP) is 3.77. The van der Waals surface area contributed by atoms with E-state index in [4.69, 9.17) is 4.52 Å². The Morgan fingerprint density at radius 3 is 2.52 bits per heavy atom. The summed E-state index contributed by atoms with van der Waals surface area (Å²) in [4.78, 5) is 16.6. The Morgan fingerprint density at radius 1 is 1.20 bits per heavy atom. The van der Waals surface area contributed by atoms with Gasteiger partial charge in [0.1, 0.15) is 5.76 Å². The number of nitrogens with one attached hydrogen (secondary N) is 1. The second-order valence-electron chi connectivity index (χ2n) is 6.89. The third-order valence-electron chi connectivity index (χ3n) is 4.64. The maximum Gasteiger partial charge on any atom is 0.323 e. The summed E-state index contributed by atoms with van der Waals surface area (Å²) in [5.41, 5.74) is 3.99. The highest BCUT2D eigenvalue weighted by molar-refractivity contribution is 5.88. The van der Waals surface area contributed by atoms with E-state index in [9.17, 15) is 4.79 Å². The van der Waals surface area contributed by atoms with Gasteiger partial charge < -0.3 is 14.3 Å². The van der Waals surface area contributed by atoms with Crippen LogP contribution in [-0.2, 0) is 0 Å². The third-order valence-corrected chi connectivity index (χ3v) is 4.64. The molecule has 1 N–H and O–H groups in total. The highest BCUT2D eigenvalue weighted by Gasteiger charge is 2.24. The van der Waals surface area contributed by atoms with Crippen molar-refractivity contribution in [3.8, 4) is 0 Å². The van der Waals surface area contributed by atoms with Gasteiger partial charge in [-0.25, -0.2) is 4.79 Å². The second kappa shape index (κ2) is 7.17. The van der Waals surface area contributed by atoms with Crippen LogP contribution in [0.15, 0.2) is 28.8 Å². The lowest BCUT2D eigenvalue weighted by Crippen LogP contribution is -2.50. The van der Waals surface area contributed by atoms with E-state index in [1.165, 1.54) is 16.8 Å². The summed E-state index contributed by atoms with van der Waals surface area (Å²) in [5.74, 6) is 1.62. The van der Waals surface area contributed by atoms with Gasteiger partial charge in [0.05, 0.1) is 0 Å². The highest BCUT2D eigenvalue weighted by atomic mass is 16.5. The lowest BCUT2D eigenvalue weighted by atomic mass is 9.97. The van der Waals surface area contributed by atoms with Crippen LogP contribution in [-0.4, -0.2) is 42.3 Å². The highest BCUT2D eigenvalue weighted by Crippen LogP contribution is 2.31. The van der Waals surface area contributed by atoms with E-state index >= 15 is 0 Å². The largest absolute Gasteiger partial charge is 0.368 e. The molecule has 0 spiro atoms. The molecule has 2 aromatic rings. The van der Waals surface area contributed by atoms with E-state index in [1.807, 2.05) is 4.90 Å². The van der Waals surface area contributed by atoms with Crippen LogP contribution in [0.3, 0.4) is 0 Å². The number of hydrogen-bond acceptors (Lipinski definition) is 4. The fourth-order valence-corrected chi connectivity index (χ4v) is 3.33. The lowest BCUT2D eigenvalue weighted by molar-refractivity contribution is 0.208. The lowest BCUT2D eigenvalue weighted by Gasteiger charge is -2.38. The van der Waals surface area contributed by atoms with Gasteiger partial charge in [-0.1, -0.05) is 37.2 Å². The monoisotopic (exact) mass is 342 g/mol. The zero-order valence-electron chi connectivity index (χ0n) is 15.4. The Hall–Kier alpha value is -2.50. The molecule has 6 nitrogen and oxygen atoms in total. The average Bonchev–Trinajstić information content (AvgIpc) is 2.99. The Bertz CT molecular complexity index is 746. The summed E-state index contributed by atoms with van der Waals surface area (Å²) in [6.07, 6.45) is 0. The maximum atomic E-state index is 12.4. The van der Waals surface area contributed by atoms with Crippen molar-refractivity contribution in [2.45, 2.75) is 33.6 Å². The molecule has 1 fully saturated rings. The molecule has 1 saturated heterocycles. The van der Waals surface area contributed by atoms with Gasteiger partial charge in [0, 0.05) is 37.9 Å². The number of nitrogens with zero attached hydrogens (tertiary/aromatic N) is 3. The van der Waals surface area contributed by atoms with E-state index in [-0.39, 0.29) is 6.03 Å². The predicted molar refractivity (Wildman–Crippen MR) is 99.3 cm³/mol. The number of aryl methyl sites for hydroxylation is 2. The minimum atomic E-state index is -0.123. The quantitative estimate of drug-likeness (QED) is 0.922. The van der Waals surface area contributed by atoms with Crippen molar-refractivity contribution in [1.82, 2.24) is 10.1 Å². The van der Waals surface area contributed by atoms with Gasteiger partial charge in [-0.2, -0.15) is 0 Å². The number of piperazine rings is 1. The molecule has 1 aliphatic rings. The topological polar surface area (TPSA) is 61.6 Å². The molecule has 0 atom stereocenters. The molecule has 0 aliphatic carbocycles. The zero-order chi connectivity index (χ0) is 18.0. The molecular weight excluding hydrogens is 316 g/mol. The number of carbonyl (C=O) groups is 1. The first-order valence-electron chi connectivity index (χ1n) is 8.79. The number of hydrogen-bond donors (Lipinski definition) is 1. The Balaban J connectivity index is 1.65. The number of para-hydroxylation sites is 1. The van der Waals surface area contributed by atoms with Crippen LogP contribution in [0.2, 0.25) is 0 Å². The van der Waals surface area contributed by atoms with Crippen LogP contribution < -0.4 is 10.2 Å². The van der Waals surface area contributed by atoms with Crippen LogP contribution in [0.5, 0.6) is 0 Å². The molecule has 0 radical (unpaired) electrons. The molecule has 0 unspecified atom stereocenters. The first kappa shape index (κ1) is 17.3. The smallest absolute Gasteiger partial charge is 0.323 e. The number of rotatable bonds is 3. The van der Waals surface area contributed by atoms with Crippen molar-refractivity contribution < 1.29 is 9.32 Å². The fraction of sp³-hybridized carbons (Fsp3) is 0.474. The van der Waals surface area contributed by atoms with Gasteiger partial charge in [0.15, 0.2) is 5.82 Å². The number of urea groups is 1. The van der Waals surface area contributed by atoms with Gasteiger partial charge in [0.25, 0.3) is 0 Å². The normalized spacial score (nSPS) is 14.9. The van der Waals surface area contributed by atoms with Crippen molar-refractivity contribution in [2.75, 3.05) is 36.4 Å². The number of carbonyl (C=O) groups excluding carboxylic acids is 1. The molecule has 6 heteroatoms.